The van der Waals surface area contributed by atoms with Gasteiger partial charge < -0.3 is 15.3 Å². The second-order valence-corrected chi connectivity index (χ2v) is 6.73. The third kappa shape index (κ3) is 4.95. The molecule has 21 heavy (non-hydrogen) atoms. The molecule has 118 valence electrons. The summed E-state index contributed by atoms with van der Waals surface area (Å²) in [6.07, 6.45) is 0. The van der Waals surface area contributed by atoms with Crippen molar-refractivity contribution < 1.29 is 5.11 Å². The van der Waals surface area contributed by atoms with E-state index in [0.29, 0.717) is 6.04 Å². The van der Waals surface area contributed by atoms with Crippen molar-refractivity contribution in [3.8, 4) is 0 Å². The Hall–Kier alpha value is -0.620. The van der Waals surface area contributed by atoms with Gasteiger partial charge in [-0.1, -0.05) is 19.9 Å². The Morgan fingerprint density at radius 1 is 1.24 bits per heavy atom. The van der Waals surface area contributed by atoms with Crippen molar-refractivity contribution >= 4 is 21.6 Å². The zero-order chi connectivity index (χ0) is 15.2. The Bertz CT molecular complexity index is 445. The summed E-state index contributed by atoms with van der Waals surface area (Å²) < 4.78 is 1.17. The lowest BCUT2D eigenvalue weighted by Crippen LogP contribution is -2.47. The topological polar surface area (TPSA) is 38.7 Å². The number of benzene rings is 1. The van der Waals surface area contributed by atoms with E-state index >= 15 is 0 Å². The highest BCUT2D eigenvalue weighted by Crippen LogP contribution is 2.28. The zero-order valence-corrected chi connectivity index (χ0v) is 14.6. The molecule has 2 rings (SSSR count). The first-order chi connectivity index (χ1) is 10.1. The molecule has 0 radical (unpaired) electrons. The fourth-order valence-corrected chi connectivity index (χ4v) is 3.27. The molecule has 1 heterocycles. The maximum absolute atomic E-state index is 9.00. The molecule has 1 aromatic rings. The largest absolute Gasteiger partial charge is 0.395 e. The van der Waals surface area contributed by atoms with E-state index in [1.807, 2.05) is 0 Å². The Morgan fingerprint density at radius 3 is 2.52 bits per heavy atom. The van der Waals surface area contributed by atoms with Gasteiger partial charge in [0.25, 0.3) is 0 Å². The lowest BCUT2D eigenvalue weighted by atomic mass is 10.1. The van der Waals surface area contributed by atoms with Crippen LogP contribution in [0.5, 0.6) is 0 Å². The summed E-state index contributed by atoms with van der Waals surface area (Å²) in [7, 11) is 0. The minimum atomic E-state index is 0.251. The van der Waals surface area contributed by atoms with E-state index in [0.717, 1.165) is 39.3 Å². The first kappa shape index (κ1) is 16.7. The molecular weight excluding hydrogens is 330 g/mol. The molecule has 5 heteroatoms. The first-order valence-electron chi connectivity index (χ1n) is 7.70. The summed E-state index contributed by atoms with van der Waals surface area (Å²) in [5.74, 6) is 0. The van der Waals surface area contributed by atoms with Crippen LogP contribution in [0, 0.1) is 0 Å². The van der Waals surface area contributed by atoms with E-state index in [-0.39, 0.29) is 6.61 Å². The molecule has 0 spiro atoms. The van der Waals surface area contributed by atoms with Crippen LogP contribution in [0.3, 0.4) is 0 Å². The highest BCUT2D eigenvalue weighted by molar-refractivity contribution is 9.10. The normalized spacial score (nSPS) is 16.7. The average Bonchev–Trinajstić information content (AvgIpc) is 2.47. The van der Waals surface area contributed by atoms with E-state index in [1.54, 1.807) is 0 Å². The number of nitrogens with one attached hydrogen (secondary N) is 1. The number of aliphatic hydroxyl groups excluding tert-OH is 1. The first-order valence-corrected chi connectivity index (χ1v) is 8.49. The second-order valence-electron chi connectivity index (χ2n) is 5.87. The minimum Gasteiger partial charge on any atom is -0.395 e. The van der Waals surface area contributed by atoms with E-state index in [2.05, 4.69) is 63.1 Å². The SMILES string of the molecule is CC(C)NCc1ccc(N2CCN(CCO)CC2)c(Br)c1. The molecule has 0 aliphatic carbocycles. The smallest absolute Gasteiger partial charge is 0.0558 e. The van der Waals surface area contributed by atoms with Crippen LogP contribution in [0.15, 0.2) is 22.7 Å². The third-order valence-electron chi connectivity index (χ3n) is 3.86. The summed E-state index contributed by atoms with van der Waals surface area (Å²) in [6, 6.07) is 7.13. The molecular formula is C16H26BrN3O. The van der Waals surface area contributed by atoms with Gasteiger partial charge in [-0.2, -0.15) is 0 Å². The van der Waals surface area contributed by atoms with Gasteiger partial charge in [0.2, 0.25) is 0 Å². The number of rotatable bonds is 6. The number of piperazine rings is 1. The highest BCUT2D eigenvalue weighted by Gasteiger charge is 2.18. The van der Waals surface area contributed by atoms with Crippen LogP contribution in [0.1, 0.15) is 19.4 Å². The second kappa shape index (κ2) is 8.13. The maximum Gasteiger partial charge on any atom is 0.0558 e. The molecule has 4 nitrogen and oxygen atoms in total. The van der Waals surface area contributed by atoms with Gasteiger partial charge in [-0.3, -0.25) is 4.90 Å². The predicted octanol–water partition coefficient (Wildman–Crippen LogP) is 2.06. The fraction of sp³-hybridized carbons (Fsp3) is 0.625. The van der Waals surface area contributed by atoms with E-state index < -0.39 is 0 Å². The summed E-state index contributed by atoms with van der Waals surface area (Å²) in [4.78, 5) is 4.73. The molecule has 1 aliphatic heterocycles. The summed E-state index contributed by atoms with van der Waals surface area (Å²) in [5, 5.41) is 12.4. The van der Waals surface area contributed by atoms with Gasteiger partial charge in [-0.15, -0.1) is 0 Å². The van der Waals surface area contributed by atoms with Crippen LogP contribution < -0.4 is 10.2 Å². The van der Waals surface area contributed by atoms with Crippen molar-refractivity contribution in [2.45, 2.75) is 26.4 Å². The molecule has 0 amide bonds. The monoisotopic (exact) mass is 355 g/mol. The number of nitrogens with zero attached hydrogens (tertiary/aromatic N) is 2. The highest BCUT2D eigenvalue weighted by atomic mass is 79.9. The standard InChI is InChI=1S/C16H26BrN3O/c1-13(2)18-12-14-3-4-16(15(17)11-14)20-7-5-19(6-8-20)9-10-21/h3-4,11,13,18,21H,5-10,12H2,1-2H3. The van der Waals surface area contributed by atoms with Crippen LogP contribution >= 0.6 is 15.9 Å². The lowest BCUT2D eigenvalue weighted by Gasteiger charge is -2.36. The van der Waals surface area contributed by atoms with Gasteiger partial charge in [0, 0.05) is 49.8 Å². The molecule has 1 aromatic carbocycles. The van der Waals surface area contributed by atoms with Crippen molar-refractivity contribution in [1.82, 2.24) is 10.2 Å². The molecule has 0 unspecified atom stereocenters. The number of halogens is 1. The lowest BCUT2D eigenvalue weighted by molar-refractivity contribution is 0.188. The molecule has 0 saturated carbocycles. The molecule has 2 N–H and O–H groups in total. The van der Waals surface area contributed by atoms with E-state index in [9.17, 15) is 0 Å². The van der Waals surface area contributed by atoms with Crippen molar-refractivity contribution in [1.29, 1.82) is 0 Å². The average molecular weight is 356 g/mol. The maximum atomic E-state index is 9.00. The van der Waals surface area contributed by atoms with Crippen molar-refractivity contribution in [2.75, 3.05) is 44.2 Å². The van der Waals surface area contributed by atoms with Crippen LogP contribution in [-0.2, 0) is 6.54 Å². The quantitative estimate of drug-likeness (QED) is 0.819. The van der Waals surface area contributed by atoms with Crippen LogP contribution in [0.25, 0.3) is 0 Å². The van der Waals surface area contributed by atoms with Crippen LogP contribution in [0.4, 0.5) is 5.69 Å². The van der Waals surface area contributed by atoms with Crippen LogP contribution in [0.2, 0.25) is 0 Å². The third-order valence-corrected chi connectivity index (χ3v) is 4.49. The fourth-order valence-electron chi connectivity index (χ4n) is 2.59. The minimum absolute atomic E-state index is 0.251. The Morgan fingerprint density at radius 2 is 1.95 bits per heavy atom. The van der Waals surface area contributed by atoms with Crippen LogP contribution in [-0.4, -0.2) is 55.4 Å². The van der Waals surface area contributed by atoms with Gasteiger partial charge in [-0.05, 0) is 33.6 Å². The van der Waals surface area contributed by atoms with Crippen molar-refractivity contribution in [2.24, 2.45) is 0 Å². The van der Waals surface area contributed by atoms with Crippen molar-refractivity contribution in [3.05, 3.63) is 28.2 Å². The number of hydrogen-bond acceptors (Lipinski definition) is 4. The summed E-state index contributed by atoms with van der Waals surface area (Å²) in [6.45, 7) is 10.3. The number of aliphatic hydroxyl groups is 1. The molecule has 0 atom stereocenters. The Kier molecular flexibility index (Phi) is 6.48. The van der Waals surface area contributed by atoms with Gasteiger partial charge >= 0.3 is 0 Å². The number of anilines is 1. The summed E-state index contributed by atoms with van der Waals surface area (Å²) in [5.41, 5.74) is 2.57. The van der Waals surface area contributed by atoms with Gasteiger partial charge in [0.15, 0.2) is 0 Å². The van der Waals surface area contributed by atoms with Gasteiger partial charge in [0.1, 0.15) is 0 Å². The van der Waals surface area contributed by atoms with Gasteiger partial charge in [-0.25, -0.2) is 0 Å². The molecule has 0 aromatic heterocycles. The molecule has 1 saturated heterocycles. The predicted molar refractivity (Wildman–Crippen MR) is 91.9 cm³/mol. The number of hydrogen-bond donors (Lipinski definition) is 2. The van der Waals surface area contributed by atoms with E-state index in [4.69, 9.17) is 5.11 Å². The number of β-amino-alcohol motifs (C(OH)–C–C–N with tert-alkyl or cyclic N) is 1. The Balaban J connectivity index is 1.95. The zero-order valence-electron chi connectivity index (χ0n) is 13.0. The molecule has 0 bridgehead atoms. The van der Waals surface area contributed by atoms with Crippen molar-refractivity contribution in [3.63, 3.8) is 0 Å². The summed E-state index contributed by atoms with van der Waals surface area (Å²) >= 11 is 3.71. The Labute approximate surface area is 136 Å². The molecule has 1 aliphatic rings. The van der Waals surface area contributed by atoms with E-state index in [1.165, 1.54) is 15.7 Å². The molecule has 1 fully saturated rings. The van der Waals surface area contributed by atoms with Gasteiger partial charge in [0.05, 0.1) is 12.3 Å².